The molecule has 0 aromatic carbocycles. The van der Waals surface area contributed by atoms with E-state index in [1.54, 1.807) is 0 Å². The first-order valence-corrected chi connectivity index (χ1v) is 6.17. The van der Waals surface area contributed by atoms with Crippen LogP contribution in [-0.2, 0) is 0 Å². The Morgan fingerprint density at radius 3 is 2.13 bits per heavy atom. The van der Waals surface area contributed by atoms with Crippen LogP contribution in [0, 0.1) is 0 Å². The van der Waals surface area contributed by atoms with Gasteiger partial charge in [-0.25, -0.2) is 0 Å². The van der Waals surface area contributed by atoms with E-state index in [4.69, 9.17) is 5.73 Å². The van der Waals surface area contributed by atoms with Crippen molar-refractivity contribution < 1.29 is 0 Å². The summed E-state index contributed by atoms with van der Waals surface area (Å²) in [5.41, 5.74) is 6.27. The second-order valence-corrected chi connectivity index (χ2v) is 5.21. The molecular formula is C12H27N3. The van der Waals surface area contributed by atoms with Crippen LogP contribution in [0.4, 0.5) is 0 Å². The highest BCUT2D eigenvalue weighted by atomic mass is 15.2. The molecule has 15 heavy (non-hydrogen) atoms. The fourth-order valence-corrected chi connectivity index (χ4v) is 2.64. The maximum atomic E-state index is 5.95. The van der Waals surface area contributed by atoms with Gasteiger partial charge in [0.25, 0.3) is 0 Å². The summed E-state index contributed by atoms with van der Waals surface area (Å²) in [5.74, 6) is 0. The van der Waals surface area contributed by atoms with Gasteiger partial charge in [-0.1, -0.05) is 12.8 Å². The molecule has 1 fully saturated rings. The minimum atomic E-state index is 0.326. The zero-order valence-electron chi connectivity index (χ0n) is 10.6. The molecule has 0 aliphatic heterocycles. The molecule has 0 atom stereocenters. The van der Waals surface area contributed by atoms with Gasteiger partial charge in [0, 0.05) is 12.1 Å². The number of hydrogen-bond donors (Lipinski definition) is 1. The molecule has 1 aliphatic rings. The molecule has 1 saturated carbocycles. The zero-order valence-corrected chi connectivity index (χ0v) is 10.6. The monoisotopic (exact) mass is 213 g/mol. The lowest BCUT2D eigenvalue weighted by atomic mass is 9.95. The molecule has 1 aliphatic carbocycles. The Hall–Kier alpha value is -0.120. The van der Waals surface area contributed by atoms with Gasteiger partial charge in [-0.2, -0.15) is 0 Å². The second-order valence-electron chi connectivity index (χ2n) is 5.21. The van der Waals surface area contributed by atoms with Gasteiger partial charge in [0.05, 0.1) is 0 Å². The SMILES string of the molecule is CN(C)CCCN(C)C1(CN)CCCC1. The van der Waals surface area contributed by atoms with Crippen LogP contribution in [-0.4, -0.2) is 56.1 Å². The summed E-state index contributed by atoms with van der Waals surface area (Å²) in [6.07, 6.45) is 6.54. The minimum absolute atomic E-state index is 0.326. The van der Waals surface area contributed by atoms with Crippen LogP contribution in [0.3, 0.4) is 0 Å². The molecule has 0 aromatic heterocycles. The van der Waals surface area contributed by atoms with Crippen molar-refractivity contribution in [2.75, 3.05) is 40.8 Å². The Bertz CT molecular complexity index is 174. The van der Waals surface area contributed by atoms with Crippen molar-refractivity contribution in [3.63, 3.8) is 0 Å². The topological polar surface area (TPSA) is 32.5 Å². The molecule has 1 rings (SSSR count). The summed E-state index contributed by atoms with van der Waals surface area (Å²) in [6.45, 7) is 3.17. The second kappa shape index (κ2) is 5.83. The van der Waals surface area contributed by atoms with Gasteiger partial charge in [-0.3, -0.25) is 4.90 Å². The highest BCUT2D eigenvalue weighted by molar-refractivity contribution is 4.94. The van der Waals surface area contributed by atoms with Gasteiger partial charge in [0.1, 0.15) is 0 Å². The van der Waals surface area contributed by atoms with E-state index in [9.17, 15) is 0 Å². The van der Waals surface area contributed by atoms with Crippen molar-refractivity contribution >= 4 is 0 Å². The number of nitrogens with zero attached hydrogens (tertiary/aromatic N) is 2. The van der Waals surface area contributed by atoms with Gasteiger partial charge in [-0.05, 0) is 53.5 Å². The van der Waals surface area contributed by atoms with Crippen LogP contribution < -0.4 is 5.73 Å². The number of likely N-dealkylation sites (N-methyl/N-ethyl adjacent to an activating group) is 1. The average molecular weight is 213 g/mol. The average Bonchev–Trinajstić information content (AvgIpc) is 2.66. The van der Waals surface area contributed by atoms with E-state index in [1.807, 2.05) is 0 Å². The molecule has 0 bridgehead atoms. The van der Waals surface area contributed by atoms with Crippen LogP contribution in [0.15, 0.2) is 0 Å². The Balaban J connectivity index is 2.33. The van der Waals surface area contributed by atoms with Crippen molar-refractivity contribution in [1.82, 2.24) is 9.80 Å². The summed E-state index contributed by atoms with van der Waals surface area (Å²) in [5, 5.41) is 0. The van der Waals surface area contributed by atoms with Gasteiger partial charge in [0.2, 0.25) is 0 Å². The van der Waals surface area contributed by atoms with E-state index in [0.717, 1.165) is 6.54 Å². The summed E-state index contributed by atoms with van der Waals surface area (Å²) >= 11 is 0. The van der Waals surface area contributed by atoms with Gasteiger partial charge >= 0.3 is 0 Å². The summed E-state index contributed by atoms with van der Waals surface area (Å²) in [7, 11) is 6.51. The Labute approximate surface area is 94.6 Å². The van der Waals surface area contributed by atoms with Crippen molar-refractivity contribution in [3.8, 4) is 0 Å². The predicted octanol–water partition coefficient (Wildman–Crippen LogP) is 1.14. The molecule has 90 valence electrons. The van der Waals surface area contributed by atoms with E-state index < -0.39 is 0 Å². The van der Waals surface area contributed by atoms with Crippen molar-refractivity contribution in [1.29, 1.82) is 0 Å². The third-order valence-corrected chi connectivity index (χ3v) is 3.82. The van der Waals surface area contributed by atoms with E-state index in [0.29, 0.717) is 5.54 Å². The number of rotatable bonds is 6. The maximum absolute atomic E-state index is 5.95. The summed E-state index contributed by atoms with van der Waals surface area (Å²) in [6, 6.07) is 0. The van der Waals surface area contributed by atoms with E-state index in [1.165, 1.54) is 45.2 Å². The standard InChI is InChI=1S/C12H27N3/c1-14(2)9-6-10-15(3)12(11-13)7-4-5-8-12/h4-11,13H2,1-3H3. The molecule has 3 nitrogen and oxygen atoms in total. The Morgan fingerprint density at radius 2 is 1.67 bits per heavy atom. The maximum Gasteiger partial charge on any atom is 0.0328 e. The largest absolute Gasteiger partial charge is 0.329 e. The summed E-state index contributed by atoms with van der Waals surface area (Å²) in [4.78, 5) is 4.75. The quantitative estimate of drug-likeness (QED) is 0.718. The highest BCUT2D eigenvalue weighted by Gasteiger charge is 2.35. The zero-order chi connectivity index (χ0) is 11.3. The van der Waals surface area contributed by atoms with Crippen molar-refractivity contribution in [2.45, 2.75) is 37.6 Å². The predicted molar refractivity (Wildman–Crippen MR) is 66.1 cm³/mol. The van der Waals surface area contributed by atoms with Gasteiger partial charge in [-0.15, -0.1) is 0 Å². The van der Waals surface area contributed by atoms with Crippen LogP contribution in [0.25, 0.3) is 0 Å². The fourth-order valence-electron chi connectivity index (χ4n) is 2.64. The fraction of sp³-hybridized carbons (Fsp3) is 1.00. The Kier molecular flexibility index (Phi) is 5.03. The molecule has 3 heteroatoms. The van der Waals surface area contributed by atoms with Crippen molar-refractivity contribution in [2.24, 2.45) is 5.73 Å². The molecule has 0 heterocycles. The van der Waals surface area contributed by atoms with E-state index in [-0.39, 0.29) is 0 Å². The lowest BCUT2D eigenvalue weighted by Crippen LogP contribution is -2.50. The lowest BCUT2D eigenvalue weighted by Gasteiger charge is -2.38. The van der Waals surface area contributed by atoms with Gasteiger partial charge < -0.3 is 10.6 Å². The Morgan fingerprint density at radius 1 is 1.07 bits per heavy atom. The first kappa shape index (κ1) is 12.9. The normalized spacial score (nSPS) is 20.4. The number of hydrogen-bond acceptors (Lipinski definition) is 3. The summed E-state index contributed by atoms with van der Waals surface area (Å²) < 4.78 is 0. The van der Waals surface area contributed by atoms with E-state index in [2.05, 4.69) is 30.9 Å². The van der Waals surface area contributed by atoms with Crippen molar-refractivity contribution in [3.05, 3.63) is 0 Å². The first-order chi connectivity index (χ1) is 7.10. The van der Waals surface area contributed by atoms with Gasteiger partial charge in [0.15, 0.2) is 0 Å². The van der Waals surface area contributed by atoms with Crippen LogP contribution in [0.5, 0.6) is 0 Å². The first-order valence-electron chi connectivity index (χ1n) is 6.17. The minimum Gasteiger partial charge on any atom is -0.329 e. The van der Waals surface area contributed by atoms with Crippen LogP contribution >= 0.6 is 0 Å². The highest BCUT2D eigenvalue weighted by Crippen LogP contribution is 2.33. The third-order valence-electron chi connectivity index (χ3n) is 3.82. The van der Waals surface area contributed by atoms with E-state index >= 15 is 0 Å². The molecule has 0 amide bonds. The molecule has 0 spiro atoms. The molecule has 0 aromatic rings. The van der Waals surface area contributed by atoms with Crippen LogP contribution in [0.2, 0.25) is 0 Å². The molecule has 0 unspecified atom stereocenters. The molecule has 0 saturated heterocycles. The smallest absolute Gasteiger partial charge is 0.0328 e. The van der Waals surface area contributed by atoms with Crippen LogP contribution in [0.1, 0.15) is 32.1 Å². The number of nitrogens with two attached hydrogens (primary N) is 1. The molecular weight excluding hydrogens is 186 g/mol. The molecule has 2 N–H and O–H groups in total. The lowest BCUT2D eigenvalue weighted by molar-refractivity contribution is 0.127. The molecule has 0 radical (unpaired) electrons. The third kappa shape index (κ3) is 3.44.